The normalized spacial score (nSPS) is 16.2. The fourth-order valence-corrected chi connectivity index (χ4v) is 2.51. The van der Waals surface area contributed by atoms with Crippen molar-refractivity contribution >= 4 is 11.4 Å². The van der Waals surface area contributed by atoms with Gasteiger partial charge in [-0.25, -0.2) is 4.39 Å². The van der Waals surface area contributed by atoms with Crippen LogP contribution < -0.4 is 15.4 Å². The average Bonchev–Trinajstić information content (AvgIpc) is 2.82. The number of methoxy groups -OCH3 is 1. The molecule has 0 aromatic heterocycles. The number of rotatable bonds is 3. The summed E-state index contributed by atoms with van der Waals surface area (Å²) in [5.74, 6) is -0.160. The molecule has 0 heterocycles. The van der Waals surface area contributed by atoms with E-state index in [0.29, 0.717) is 11.7 Å². The van der Waals surface area contributed by atoms with Crippen LogP contribution >= 0.6 is 0 Å². The van der Waals surface area contributed by atoms with Crippen LogP contribution in [0.15, 0.2) is 12.1 Å². The van der Waals surface area contributed by atoms with Crippen molar-refractivity contribution in [1.29, 1.82) is 0 Å². The molecule has 1 aromatic carbocycles. The smallest absolute Gasteiger partial charge is 0.167 e. The number of hydrogen-bond acceptors (Lipinski definition) is 3. The molecule has 3 nitrogen and oxygen atoms in total. The zero-order valence-corrected chi connectivity index (χ0v) is 10.4. The number of nitrogens with zero attached hydrogens (tertiary/aromatic N) is 1. The van der Waals surface area contributed by atoms with Crippen LogP contribution in [0.1, 0.15) is 25.7 Å². The lowest BCUT2D eigenvalue weighted by Crippen LogP contribution is -2.29. The molecule has 94 valence electrons. The summed E-state index contributed by atoms with van der Waals surface area (Å²) in [4.78, 5) is 2.14. The highest BCUT2D eigenvalue weighted by Crippen LogP contribution is 2.34. The van der Waals surface area contributed by atoms with Crippen molar-refractivity contribution in [3.8, 4) is 5.75 Å². The number of halogens is 1. The topological polar surface area (TPSA) is 38.5 Å². The second kappa shape index (κ2) is 4.82. The van der Waals surface area contributed by atoms with Crippen LogP contribution in [-0.4, -0.2) is 20.2 Å². The average molecular weight is 238 g/mol. The molecule has 17 heavy (non-hydrogen) atoms. The summed E-state index contributed by atoms with van der Waals surface area (Å²) in [6, 6.07) is 3.52. The van der Waals surface area contributed by atoms with Crippen molar-refractivity contribution in [3.63, 3.8) is 0 Å². The fraction of sp³-hybridized carbons (Fsp3) is 0.538. The highest BCUT2D eigenvalue weighted by atomic mass is 19.1. The maximum atomic E-state index is 13.4. The van der Waals surface area contributed by atoms with E-state index in [0.717, 1.165) is 5.69 Å². The van der Waals surface area contributed by atoms with Gasteiger partial charge in [0.25, 0.3) is 0 Å². The van der Waals surface area contributed by atoms with Gasteiger partial charge in [0.05, 0.1) is 18.5 Å². The third kappa shape index (κ3) is 2.30. The summed E-state index contributed by atoms with van der Waals surface area (Å²) in [5.41, 5.74) is 7.20. The first-order valence-corrected chi connectivity index (χ1v) is 5.99. The quantitative estimate of drug-likeness (QED) is 0.823. The molecule has 0 bridgehead atoms. The molecule has 2 rings (SSSR count). The Bertz CT molecular complexity index is 403. The number of nitrogen functional groups attached to an aromatic ring is 1. The molecule has 4 heteroatoms. The standard InChI is InChI=1S/C13H19FN2O/c1-16(9-5-3-4-6-9)12-8-13(17-2)10(14)7-11(12)15/h7-9H,3-6,15H2,1-2H3. The van der Waals surface area contributed by atoms with Crippen LogP contribution in [0.4, 0.5) is 15.8 Å². The first-order valence-electron chi connectivity index (χ1n) is 5.99. The van der Waals surface area contributed by atoms with Gasteiger partial charge in [-0.1, -0.05) is 12.8 Å². The maximum Gasteiger partial charge on any atom is 0.167 e. The van der Waals surface area contributed by atoms with Crippen LogP contribution in [0.2, 0.25) is 0 Å². The van der Waals surface area contributed by atoms with Crippen LogP contribution in [0.3, 0.4) is 0 Å². The Labute approximate surface area is 101 Å². The Kier molecular flexibility index (Phi) is 3.41. The van der Waals surface area contributed by atoms with Crippen molar-refractivity contribution < 1.29 is 9.13 Å². The predicted molar refractivity (Wildman–Crippen MR) is 68.0 cm³/mol. The molecule has 0 radical (unpaired) electrons. The Morgan fingerprint density at radius 2 is 2.00 bits per heavy atom. The summed E-state index contributed by atoms with van der Waals surface area (Å²) in [5, 5.41) is 0. The number of nitrogens with two attached hydrogens (primary N) is 1. The van der Waals surface area contributed by atoms with E-state index in [-0.39, 0.29) is 5.75 Å². The monoisotopic (exact) mass is 238 g/mol. The first-order chi connectivity index (χ1) is 8.13. The molecule has 2 N–H and O–H groups in total. The Hall–Kier alpha value is -1.45. The Morgan fingerprint density at radius 3 is 2.59 bits per heavy atom. The van der Waals surface area contributed by atoms with Gasteiger partial charge in [-0.2, -0.15) is 0 Å². The van der Waals surface area contributed by atoms with Crippen molar-refractivity contribution in [1.82, 2.24) is 0 Å². The largest absolute Gasteiger partial charge is 0.494 e. The molecule has 1 aliphatic rings. The molecular weight excluding hydrogens is 219 g/mol. The lowest BCUT2D eigenvalue weighted by molar-refractivity contribution is 0.386. The second-order valence-corrected chi connectivity index (χ2v) is 4.59. The van der Waals surface area contributed by atoms with E-state index < -0.39 is 5.82 Å². The van der Waals surface area contributed by atoms with E-state index in [2.05, 4.69) is 4.90 Å². The fourth-order valence-electron chi connectivity index (χ4n) is 2.51. The third-order valence-electron chi connectivity index (χ3n) is 3.55. The van der Waals surface area contributed by atoms with Gasteiger partial charge in [0.1, 0.15) is 0 Å². The van der Waals surface area contributed by atoms with Gasteiger partial charge in [0.15, 0.2) is 11.6 Å². The van der Waals surface area contributed by atoms with E-state index in [1.165, 1.54) is 38.9 Å². The molecule has 0 unspecified atom stereocenters. The van der Waals surface area contributed by atoms with Gasteiger partial charge in [-0.3, -0.25) is 0 Å². The molecule has 1 fully saturated rings. The zero-order chi connectivity index (χ0) is 12.4. The molecule has 0 saturated heterocycles. The van der Waals surface area contributed by atoms with Crippen LogP contribution in [0.25, 0.3) is 0 Å². The molecule has 0 amide bonds. The van der Waals surface area contributed by atoms with Crippen molar-refractivity contribution in [2.45, 2.75) is 31.7 Å². The molecule has 1 saturated carbocycles. The van der Waals surface area contributed by atoms with Gasteiger partial charge in [-0.15, -0.1) is 0 Å². The predicted octanol–water partition coefficient (Wildman–Crippen LogP) is 2.80. The second-order valence-electron chi connectivity index (χ2n) is 4.59. The highest BCUT2D eigenvalue weighted by Gasteiger charge is 2.22. The van der Waals surface area contributed by atoms with Crippen molar-refractivity contribution in [2.24, 2.45) is 0 Å². The van der Waals surface area contributed by atoms with Gasteiger partial charge >= 0.3 is 0 Å². The number of anilines is 2. The maximum absolute atomic E-state index is 13.4. The van der Waals surface area contributed by atoms with Gasteiger partial charge in [-0.05, 0) is 12.8 Å². The van der Waals surface area contributed by atoms with E-state index in [1.54, 1.807) is 6.07 Å². The summed E-state index contributed by atoms with van der Waals surface area (Å²) in [6.07, 6.45) is 4.87. The lowest BCUT2D eigenvalue weighted by atomic mass is 10.1. The van der Waals surface area contributed by atoms with Crippen LogP contribution in [-0.2, 0) is 0 Å². The Morgan fingerprint density at radius 1 is 1.35 bits per heavy atom. The summed E-state index contributed by atoms with van der Waals surface area (Å²) in [6.45, 7) is 0. The molecule has 0 spiro atoms. The van der Waals surface area contributed by atoms with E-state index >= 15 is 0 Å². The Balaban J connectivity index is 2.30. The minimum atomic E-state index is -0.409. The van der Waals surface area contributed by atoms with E-state index in [9.17, 15) is 4.39 Å². The van der Waals surface area contributed by atoms with Crippen LogP contribution in [0.5, 0.6) is 5.75 Å². The lowest BCUT2D eigenvalue weighted by Gasteiger charge is -2.28. The van der Waals surface area contributed by atoms with Crippen molar-refractivity contribution in [3.05, 3.63) is 17.9 Å². The summed E-state index contributed by atoms with van der Waals surface area (Å²) >= 11 is 0. The summed E-state index contributed by atoms with van der Waals surface area (Å²) in [7, 11) is 3.48. The summed E-state index contributed by atoms with van der Waals surface area (Å²) < 4.78 is 18.4. The number of benzene rings is 1. The van der Waals surface area contributed by atoms with Crippen molar-refractivity contribution in [2.75, 3.05) is 24.8 Å². The number of ether oxygens (including phenoxy) is 1. The first kappa shape index (κ1) is 12.0. The SMILES string of the molecule is COc1cc(N(C)C2CCCC2)c(N)cc1F. The van der Waals surface area contributed by atoms with Gasteiger partial charge < -0.3 is 15.4 Å². The van der Waals surface area contributed by atoms with E-state index in [1.807, 2.05) is 7.05 Å². The molecular formula is C13H19FN2O. The highest BCUT2D eigenvalue weighted by molar-refractivity contribution is 5.70. The van der Waals surface area contributed by atoms with Gasteiger partial charge in [0.2, 0.25) is 0 Å². The van der Waals surface area contributed by atoms with Crippen LogP contribution in [0, 0.1) is 5.82 Å². The minimum Gasteiger partial charge on any atom is -0.494 e. The van der Waals surface area contributed by atoms with Gasteiger partial charge in [0, 0.05) is 25.2 Å². The molecule has 1 aliphatic carbocycles. The minimum absolute atomic E-state index is 0.249. The molecule has 0 atom stereocenters. The molecule has 1 aromatic rings. The zero-order valence-electron chi connectivity index (χ0n) is 10.4. The third-order valence-corrected chi connectivity index (χ3v) is 3.55. The van der Waals surface area contributed by atoms with E-state index in [4.69, 9.17) is 10.5 Å². The molecule has 0 aliphatic heterocycles. The number of hydrogen-bond donors (Lipinski definition) is 1.